The third-order valence-electron chi connectivity index (χ3n) is 3.61. The van der Waals surface area contributed by atoms with E-state index in [0.717, 1.165) is 25.6 Å². The molecule has 90 valence electrons. The topological polar surface area (TPSA) is 21.3 Å². The molecule has 0 aromatic heterocycles. The van der Waals surface area contributed by atoms with Crippen molar-refractivity contribution >= 4 is 0 Å². The SMILES string of the molecule is CCCC1(CNCC(C)C)CCOC1C. The third-order valence-corrected chi connectivity index (χ3v) is 3.61. The van der Waals surface area contributed by atoms with Gasteiger partial charge in [0.1, 0.15) is 0 Å². The van der Waals surface area contributed by atoms with Crippen LogP contribution in [0, 0.1) is 11.3 Å². The summed E-state index contributed by atoms with van der Waals surface area (Å²) in [7, 11) is 0. The number of rotatable bonds is 6. The highest BCUT2D eigenvalue weighted by molar-refractivity contribution is 4.91. The first kappa shape index (κ1) is 13.0. The highest BCUT2D eigenvalue weighted by Crippen LogP contribution is 2.38. The van der Waals surface area contributed by atoms with Gasteiger partial charge in [0.05, 0.1) is 6.10 Å². The summed E-state index contributed by atoms with van der Waals surface area (Å²) < 4.78 is 5.74. The van der Waals surface area contributed by atoms with Gasteiger partial charge in [-0.2, -0.15) is 0 Å². The Bertz CT molecular complexity index is 181. The predicted molar refractivity (Wildman–Crippen MR) is 65.1 cm³/mol. The first-order valence-corrected chi connectivity index (χ1v) is 6.43. The van der Waals surface area contributed by atoms with Crippen LogP contribution in [-0.2, 0) is 4.74 Å². The van der Waals surface area contributed by atoms with E-state index >= 15 is 0 Å². The van der Waals surface area contributed by atoms with E-state index in [1.54, 1.807) is 0 Å². The molecule has 2 nitrogen and oxygen atoms in total. The van der Waals surface area contributed by atoms with Gasteiger partial charge in [-0.3, -0.25) is 0 Å². The van der Waals surface area contributed by atoms with Crippen molar-refractivity contribution in [2.45, 2.75) is 53.1 Å². The van der Waals surface area contributed by atoms with Gasteiger partial charge in [0.2, 0.25) is 0 Å². The Hall–Kier alpha value is -0.0800. The van der Waals surface area contributed by atoms with Gasteiger partial charge in [-0.15, -0.1) is 0 Å². The molecule has 0 aromatic carbocycles. The Morgan fingerprint density at radius 1 is 1.47 bits per heavy atom. The van der Waals surface area contributed by atoms with Crippen LogP contribution in [0.15, 0.2) is 0 Å². The predicted octanol–water partition coefficient (Wildman–Crippen LogP) is 2.83. The summed E-state index contributed by atoms with van der Waals surface area (Å²) in [6, 6.07) is 0. The van der Waals surface area contributed by atoms with Crippen molar-refractivity contribution in [3.05, 3.63) is 0 Å². The average molecular weight is 213 g/mol. The van der Waals surface area contributed by atoms with E-state index in [-0.39, 0.29) is 0 Å². The molecule has 0 aliphatic carbocycles. The van der Waals surface area contributed by atoms with Gasteiger partial charge >= 0.3 is 0 Å². The van der Waals surface area contributed by atoms with Crippen molar-refractivity contribution in [1.82, 2.24) is 5.32 Å². The zero-order valence-electron chi connectivity index (χ0n) is 10.8. The quantitative estimate of drug-likeness (QED) is 0.732. The molecule has 1 N–H and O–H groups in total. The van der Waals surface area contributed by atoms with Crippen molar-refractivity contribution in [2.24, 2.45) is 11.3 Å². The Morgan fingerprint density at radius 2 is 2.20 bits per heavy atom. The third kappa shape index (κ3) is 3.46. The minimum atomic E-state index is 0.406. The van der Waals surface area contributed by atoms with Crippen molar-refractivity contribution in [3.63, 3.8) is 0 Å². The fourth-order valence-electron chi connectivity index (χ4n) is 2.58. The summed E-state index contributed by atoms with van der Waals surface area (Å²) in [5.74, 6) is 0.737. The molecule has 15 heavy (non-hydrogen) atoms. The first-order chi connectivity index (χ1) is 7.10. The summed E-state index contributed by atoms with van der Waals surface area (Å²) in [6.45, 7) is 12.2. The second kappa shape index (κ2) is 5.86. The van der Waals surface area contributed by atoms with Crippen LogP contribution < -0.4 is 5.32 Å². The second-order valence-electron chi connectivity index (χ2n) is 5.40. The smallest absolute Gasteiger partial charge is 0.0616 e. The molecule has 0 spiro atoms. The van der Waals surface area contributed by atoms with Gasteiger partial charge in [-0.05, 0) is 32.2 Å². The van der Waals surface area contributed by atoms with Crippen LogP contribution in [0.1, 0.15) is 47.0 Å². The first-order valence-electron chi connectivity index (χ1n) is 6.43. The molecule has 0 radical (unpaired) electrons. The molecule has 2 atom stereocenters. The largest absolute Gasteiger partial charge is 0.378 e. The zero-order valence-corrected chi connectivity index (χ0v) is 10.8. The molecule has 0 aromatic rings. The maximum atomic E-state index is 5.74. The Morgan fingerprint density at radius 3 is 2.67 bits per heavy atom. The molecule has 2 unspecified atom stereocenters. The van der Waals surface area contributed by atoms with Gasteiger partial charge in [0.25, 0.3) is 0 Å². The Kier molecular flexibility index (Phi) is 5.07. The van der Waals surface area contributed by atoms with E-state index in [9.17, 15) is 0 Å². The van der Waals surface area contributed by atoms with Crippen LogP contribution in [0.2, 0.25) is 0 Å². The minimum absolute atomic E-state index is 0.406. The maximum Gasteiger partial charge on any atom is 0.0616 e. The molecule has 1 aliphatic heterocycles. The van der Waals surface area contributed by atoms with E-state index in [4.69, 9.17) is 4.74 Å². The van der Waals surface area contributed by atoms with Crippen LogP contribution >= 0.6 is 0 Å². The summed E-state index contributed by atoms with van der Waals surface area (Å²) >= 11 is 0. The lowest BCUT2D eigenvalue weighted by atomic mass is 9.77. The molecule has 0 bridgehead atoms. The summed E-state index contributed by atoms with van der Waals surface area (Å²) in [5.41, 5.74) is 0.406. The Labute approximate surface area is 94.8 Å². The highest BCUT2D eigenvalue weighted by atomic mass is 16.5. The van der Waals surface area contributed by atoms with E-state index < -0.39 is 0 Å². The van der Waals surface area contributed by atoms with Crippen LogP contribution in [0.25, 0.3) is 0 Å². The van der Waals surface area contributed by atoms with Crippen molar-refractivity contribution in [3.8, 4) is 0 Å². The zero-order chi connectivity index (χ0) is 11.3. The van der Waals surface area contributed by atoms with Gasteiger partial charge in [0.15, 0.2) is 0 Å². The molecule has 0 amide bonds. The number of hydrogen-bond donors (Lipinski definition) is 1. The van der Waals surface area contributed by atoms with Crippen LogP contribution in [0.4, 0.5) is 0 Å². The van der Waals surface area contributed by atoms with E-state index in [2.05, 4.69) is 33.0 Å². The van der Waals surface area contributed by atoms with Gasteiger partial charge in [-0.25, -0.2) is 0 Å². The lowest BCUT2D eigenvalue weighted by Crippen LogP contribution is -2.40. The molecular formula is C13H27NO. The summed E-state index contributed by atoms with van der Waals surface area (Å²) in [4.78, 5) is 0. The van der Waals surface area contributed by atoms with Crippen LogP contribution in [0.5, 0.6) is 0 Å². The number of ether oxygens (including phenoxy) is 1. The molecule has 1 aliphatic rings. The maximum absolute atomic E-state index is 5.74. The molecule has 1 saturated heterocycles. The standard InChI is InChI=1S/C13H27NO/c1-5-6-13(7-8-15-12(13)4)10-14-9-11(2)3/h11-12,14H,5-10H2,1-4H3. The van der Waals surface area contributed by atoms with E-state index in [0.29, 0.717) is 11.5 Å². The van der Waals surface area contributed by atoms with Gasteiger partial charge in [-0.1, -0.05) is 27.2 Å². The fourth-order valence-corrected chi connectivity index (χ4v) is 2.58. The lowest BCUT2D eigenvalue weighted by Gasteiger charge is -2.32. The molecule has 1 fully saturated rings. The average Bonchev–Trinajstić information content (AvgIpc) is 2.48. The van der Waals surface area contributed by atoms with Crippen molar-refractivity contribution in [1.29, 1.82) is 0 Å². The fraction of sp³-hybridized carbons (Fsp3) is 1.00. The lowest BCUT2D eigenvalue weighted by molar-refractivity contribution is 0.0577. The number of hydrogen-bond acceptors (Lipinski definition) is 2. The van der Waals surface area contributed by atoms with E-state index in [1.165, 1.54) is 19.3 Å². The van der Waals surface area contributed by atoms with Crippen LogP contribution in [-0.4, -0.2) is 25.8 Å². The molecular weight excluding hydrogens is 186 g/mol. The van der Waals surface area contributed by atoms with Crippen molar-refractivity contribution in [2.75, 3.05) is 19.7 Å². The second-order valence-corrected chi connectivity index (χ2v) is 5.40. The summed E-state index contributed by atoms with van der Waals surface area (Å²) in [6.07, 6.45) is 4.21. The molecule has 0 saturated carbocycles. The summed E-state index contributed by atoms with van der Waals surface area (Å²) in [5, 5.41) is 3.60. The molecule has 2 heteroatoms. The van der Waals surface area contributed by atoms with Gasteiger partial charge in [0, 0.05) is 18.6 Å². The highest BCUT2D eigenvalue weighted by Gasteiger charge is 2.40. The monoisotopic (exact) mass is 213 g/mol. The van der Waals surface area contributed by atoms with Crippen LogP contribution in [0.3, 0.4) is 0 Å². The number of nitrogens with one attached hydrogen (secondary N) is 1. The van der Waals surface area contributed by atoms with E-state index in [1.807, 2.05) is 0 Å². The Balaban J connectivity index is 2.43. The van der Waals surface area contributed by atoms with Crippen molar-refractivity contribution < 1.29 is 4.74 Å². The normalized spacial score (nSPS) is 31.4. The molecule has 1 rings (SSSR count). The minimum Gasteiger partial charge on any atom is -0.378 e. The molecule has 1 heterocycles. The van der Waals surface area contributed by atoms with Gasteiger partial charge < -0.3 is 10.1 Å².